The van der Waals surface area contributed by atoms with Gasteiger partial charge in [0.1, 0.15) is 5.75 Å². The molecule has 2 aromatic rings. The first-order chi connectivity index (χ1) is 10.1. The normalized spacial score (nSPS) is 12.2. The summed E-state index contributed by atoms with van der Waals surface area (Å²) >= 11 is 9.66. The number of nitrogens with one attached hydrogen (secondary N) is 1. The van der Waals surface area contributed by atoms with Crippen molar-refractivity contribution < 1.29 is 4.74 Å². The molecule has 0 spiro atoms. The molecule has 0 saturated carbocycles. The topological polar surface area (TPSA) is 21.3 Å². The summed E-state index contributed by atoms with van der Waals surface area (Å²) in [7, 11) is 1.69. The third-order valence-corrected chi connectivity index (χ3v) is 4.36. The first kappa shape index (κ1) is 16.3. The van der Waals surface area contributed by atoms with Crippen molar-refractivity contribution >= 4 is 27.5 Å². The Bertz CT molecular complexity index is 630. The van der Waals surface area contributed by atoms with Crippen LogP contribution in [0, 0.1) is 6.92 Å². The van der Waals surface area contributed by atoms with Crippen molar-refractivity contribution in [2.75, 3.05) is 13.7 Å². The van der Waals surface area contributed by atoms with Gasteiger partial charge in [0.25, 0.3) is 0 Å². The second-order valence-corrected chi connectivity index (χ2v) is 6.18. The molecule has 112 valence electrons. The van der Waals surface area contributed by atoms with Crippen molar-refractivity contribution in [1.29, 1.82) is 0 Å². The summed E-state index contributed by atoms with van der Waals surface area (Å²) in [4.78, 5) is 0. The Morgan fingerprint density at radius 3 is 2.57 bits per heavy atom. The van der Waals surface area contributed by atoms with E-state index in [-0.39, 0.29) is 6.04 Å². The fourth-order valence-corrected chi connectivity index (χ4v) is 3.34. The van der Waals surface area contributed by atoms with E-state index in [0.717, 1.165) is 27.4 Å². The summed E-state index contributed by atoms with van der Waals surface area (Å²) < 4.78 is 6.35. The lowest BCUT2D eigenvalue weighted by Crippen LogP contribution is -2.22. The van der Waals surface area contributed by atoms with E-state index in [1.165, 1.54) is 11.1 Å². The summed E-state index contributed by atoms with van der Waals surface area (Å²) in [6, 6.07) is 12.3. The SMILES string of the molecule is CCNC(c1ccc(OC)c(C)c1)c1ccc(Cl)cc1Br. The van der Waals surface area contributed by atoms with Gasteiger partial charge in [-0.25, -0.2) is 0 Å². The largest absolute Gasteiger partial charge is 0.496 e. The zero-order valence-electron chi connectivity index (χ0n) is 12.4. The number of halogens is 2. The third-order valence-electron chi connectivity index (χ3n) is 3.43. The van der Waals surface area contributed by atoms with Crippen LogP contribution in [-0.4, -0.2) is 13.7 Å². The molecule has 21 heavy (non-hydrogen) atoms. The molecule has 2 rings (SSSR count). The van der Waals surface area contributed by atoms with Gasteiger partial charge >= 0.3 is 0 Å². The van der Waals surface area contributed by atoms with Gasteiger partial charge in [-0.15, -0.1) is 0 Å². The van der Waals surface area contributed by atoms with Crippen LogP contribution in [0.25, 0.3) is 0 Å². The molecule has 0 heterocycles. The van der Waals surface area contributed by atoms with Crippen LogP contribution in [0.5, 0.6) is 5.75 Å². The third kappa shape index (κ3) is 3.79. The number of hydrogen-bond acceptors (Lipinski definition) is 2. The van der Waals surface area contributed by atoms with Crippen LogP contribution in [0.1, 0.15) is 29.7 Å². The molecule has 0 aliphatic heterocycles. The molecule has 0 radical (unpaired) electrons. The van der Waals surface area contributed by atoms with E-state index in [9.17, 15) is 0 Å². The van der Waals surface area contributed by atoms with Gasteiger partial charge < -0.3 is 10.1 Å². The second-order valence-electron chi connectivity index (χ2n) is 4.89. The average molecular weight is 369 g/mol. The molecule has 2 aromatic carbocycles. The molecule has 1 atom stereocenters. The fraction of sp³-hybridized carbons (Fsp3) is 0.294. The van der Waals surface area contributed by atoms with Crippen LogP contribution in [-0.2, 0) is 0 Å². The van der Waals surface area contributed by atoms with E-state index >= 15 is 0 Å². The van der Waals surface area contributed by atoms with Gasteiger partial charge in [0.05, 0.1) is 13.2 Å². The number of rotatable bonds is 5. The number of benzene rings is 2. The minimum atomic E-state index is 0.117. The maximum atomic E-state index is 6.04. The molecular formula is C17H19BrClNO. The molecule has 0 bridgehead atoms. The van der Waals surface area contributed by atoms with Gasteiger partial charge in [-0.05, 0) is 48.4 Å². The Morgan fingerprint density at radius 1 is 1.24 bits per heavy atom. The molecule has 0 aromatic heterocycles. The van der Waals surface area contributed by atoms with Crippen molar-refractivity contribution in [3.8, 4) is 5.75 Å². The lowest BCUT2D eigenvalue weighted by atomic mass is 9.97. The highest BCUT2D eigenvalue weighted by Crippen LogP contribution is 2.32. The average Bonchev–Trinajstić information content (AvgIpc) is 2.45. The van der Waals surface area contributed by atoms with Crippen LogP contribution in [0.4, 0.5) is 0 Å². The van der Waals surface area contributed by atoms with Crippen LogP contribution in [0.15, 0.2) is 40.9 Å². The maximum absolute atomic E-state index is 6.04. The Hall–Kier alpha value is -1.03. The number of hydrogen-bond donors (Lipinski definition) is 1. The minimum absolute atomic E-state index is 0.117. The van der Waals surface area contributed by atoms with Crippen LogP contribution >= 0.6 is 27.5 Å². The van der Waals surface area contributed by atoms with Crippen molar-refractivity contribution in [3.63, 3.8) is 0 Å². The van der Waals surface area contributed by atoms with E-state index < -0.39 is 0 Å². The van der Waals surface area contributed by atoms with Gasteiger partial charge in [0, 0.05) is 9.50 Å². The maximum Gasteiger partial charge on any atom is 0.121 e. The molecule has 0 aliphatic carbocycles. The lowest BCUT2D eigenvalue weighted by molar-refractivity contribution is 0.411. The zero-order valence-corrected chi connectivity index (χ0v) is 14.8. The summed E-state index contributed by atoms with van der Waals surface area (Å²) in [5.74, 6) is 0.907. The lowest BCUT2D eigenvalue weighted by Gasteiger charge is -2.21. The smallest absolute Gasteiger partial charge is 0.121 e. The molecule has 4 heteroatoms. The predicted molar refractivity (Wildman–Crippen MR) is 92.4 cm³/mol. The van der Waals surface area contributed by atoms with Crippen molar-refractivity contribution in [1.82, 2.24) is 5.32 Å². The number of methoxy groups -OCH3 is 1. The molecule has 0 amide bonds. The Morgan fingerprint density at radius 2 is 2.00 bits per heavy atom. The van der Waals surface area contributed by atoms with Gasteiger partial charge in [0.15, 0.2) is 0 Å². The quantitative estimate of drug-likeness (QED) is 0.791. The highest BCUT2D eigenvalue weighted by Gasteiger charge is 2.17. The number of aryl methyl sites for hydroxylation is 1. The van der Waals surface area contributed by atoms with Gasteiger partial charge in [-0.2, -0.15) is 0 Å². The summed E-state index contributed by atoms with van der Waals surface area (Å²) in [5, 5.41) is 4.25. The molecule has 0 fully saturated rings. The summed E-state index contributed by atoms with van der Waals surface area (Å²) in [6.07, 6.45) is 0. The second kappa shape index (κ2) is 7.30. The van der Waals surface area contributed by atoms with E-state index in [1.54, 1.807) is 7.11 Å². The predicted octanol–water partition coefficient (Wildman–Crippen LogP) is 5.12. The zero-order chi connectivity index (χ0) is 15.4. The Labute approximate surface area is 139 Å². The molecule has 0 aliphatic rings. The van der Waals surface area contributed by atoms with E-state index in [1.807, 2.05) is 18.2 Å². The Kier molecular flexibility index (Phi) is 5.68. The summed E-state index contributed by atoms with van der Waals surface area (Å²) in [5.41, 5.74) is 3.51. The fourth-order valence-electron chi connectivity index (χ4n) is 2.43. The van der Waals surface area contributed by atoms with Crippen molar-refractivity contribution in [2.45, 2.75) is 19.9 Å². The minimum Gasteiger partial charge on any atom is -0.496 e. The van der Waals surface area contributed by atoms with Crippen LogP contribution in [0.2, 0.25) is 5.02 Å². The number of ether oxygens (including phenoxy) is 1. The van der Waals surface area contributed by atoms with Gasteiger partial charge in [-0.1, -0.05) is 52.7 Å². The highest BCUT2D eigenvalue weighted by atomic mass is 79.9. The molecule has 1 N–H and O–H groups in total. The molecule has 1 unspecified atom stereocenters. The monoisotopic (exact) mass is 367 g/mol. The van der Waals surface area contributed by atoms with E-state index in [4.69, 9.17) is 16.3 Å². The van der Waals surface area contributed by atoms with Gasteiger partial charge in [0.2, 0.25) is 0 Å². The van der Waals surface area contributed by atoms with Crippen LogP contribution < -0.4 is 10.1 Å². The highest BCUT2D eigenvalue weighted by molar-refractivity contribution is 9.10. The van der Waals surface area contributed by atoms with Crippen molar-refractivity contribution in [2.24, 2.45) is 0 Å². The first-order valence-corrected chi connectivity index (χ1v) is 8.06. The van der Waals surface area contributed by atoms with Gasteiger partial charge in [-0.3, -0.25) is 0 Å². The van der Waals surface area contributed by atoms with Crippen LogP contribution in [0.3, 0.4) is 0 Å². The standard InChI is InChI=1S/C17H19BrClNO/c1-4-20-17(14-7-6-13(19)10-15(14)18)12-5-8-16(21-3)11(2)9-12/h5-10,17,20H,4H2,1-3H3. The summed E-state index contributed by atoms with van der Waals surface area (Å²) in [6.45, 7) is 5.04. The molecule has 2 nitrogen and oxygen atoms in total. The Balaban J connectivity index is 2.45. The van der Waals surface area contributed by atoms with Crippen molar-refractivity contribution in [3.05, 3.63) is 62.6 Å². The van der Waals surface area contributed by atoms with E-state index in [0.29, 0.717) is 0 Å². The van der Waals surface area contributed by atoms with E-state index in [2.05, 4.69) is 53.3 Å². The molecular weight excluding hydrogens is 350 g/mol. The molecule has 0 saturated heterocycles. The first-order valence-electron chi connectivity index (χ1n) is 6.89.